The summed E-state index contributed by atoms with van der Waals surface area (Å²) in [5.41, 5.74) is 1.80. The van der Waals surface area contributed by atoms with Crippen molar-refractivity contribution in [1.82, 2.24) is 9.97 Å². The Hall–Kier alpha value is -2.79. The fourth-order valence-corrected chi connectivity index (χ4v) is 2.35. The van der Waals surface area contributed by atoms with Gasteiger partial charge in [0, 0.05) is 28.5 Å². The summed E-state index contributed by atoms with van der Waals surface area (Å²) < 4.78 is 5.23. The molecule has 0 aliphatic carbocycles. The highest BCUT2D eigenvalue weighted by molar-refractivity contribution is 6.30. The maximum atomic E-state index is 5.91. The molecule has 24 heavy (non-hydrogen) atoms. The first-order chi connectivity index (χ1) is 11.6. The van der Waals surface area contributed by atoms with Gasteiger partial charge in [0.25, 0.3) is 0 Å². The van der Waals surface area contributed by atoms with Gasteiger partial charge >= 0.3 is 0 Å². The average molecular weight is 341 g/mol. The van der Waals surface area contributed by atoms with Crippen LogP contribution in [0.2, 0.25) is 5.02 Å². The van der Waals surface area contributed by atoms with Crippen molar-refractivity contribution in [3.05, 3.63) is 65.4 Å². The summed E-state index contributed by atoms with van der Waals surface area (Å²) in [5.74, 6) is 2.85. The monoisotopic (exact) mass is 340 g/mol. The Morgan fingerprint density at radius 3 is 2.21 bits per heavy atom. The van der Waals surface area contributed by atoms with E-state index in [9.17, 15) is 0 Å². The van der Waals surface area contributed by atoms with Gasteiger partial charge in [0.15, 0.2) is 0 Å². The molecule has 3 aromatic rings. The first-order valence-electron chi connectivity index (χ1n) is 7.42. The number of nitrogens with zero attached hydrogens (tertiary/aromatic N) is 2. The minimum absolute atomic E-state index is 0.666. The van der Waals surface area contributed by atoms with Gasteiger partial charge in [0.2, 0.25) is 0 Å². The summed E-state index contributed by atoms with van der Waals surface area (Å²) in [6.45, 7) is 1.85. The molecule has 0 fully saturated rings. The molecule has 0 spiro atoms. The molecule has 0 aliphatic rings. The van der Waals surface area contributed by atoms with Crippen LogP contribution in [-0.2, 0) is 0 Å². The molecule has 3 rings (SSSR count). The molecule has 0 amide bonds. The molecule has 1 aromatic heterocycles. The maximum absolute atomic E-state index is 5.91. The van der Waals surface area contributed by atoms with E-state index in [1.807, 2.05) is 61.5 Å². The largest absolute Gasteiger partial charge is 0.497 e. The molecule has 6 heteroatoms. The Kier molecular flexibility index (Phi) is 4.82. The van der Waals surface area contributed by atoms with Crippen LogP contribution >= 0.6 is 11.6 Å². The Balaban J connectivity index is 1.81. The van der Waals surface area contributed by atoms with E-state index in [2.05, 4.69) is 20.6 Å². The van der Waals surface area contributed by atoms with Crippen LogP contribution in [0.15, 0.2) is 54.6 Å². The van der Waals surface area contributed by atoms with E-state index in [0.717, 1.165) is 17.1 Å². The number of benzene rings is 2. The number of rotatable bonds is 5. The highest BCUT2D eigenvalue weighted by Crippen LogP contribution is 2.23. The van der Waals surface area contributed by atoms with Crippen LogP contribution in [0.4, 0.5) is 23.0 Å². The minimum atomic E-state index is 0.666. The Bertz CT molecular complexity index is 837. The van der Waals surface area contributed by atoms with Gasteiger partial charge in [-0.15, -0.1) is 0 Å². The fraction of sp³-hybridized carbons (Fsp3) is 0.111. The summed E-state index contributed by atoms with van der Waals surface area (Å²) in [7, 11) is 1.64. The third-order valence-electron chi connectivity index (χ3n) is 3.30. The van der Waals surface area contributed by atoms with Gasteiger partial charge in [-0.3, -0.25) is 0 Å². The second-order valence-electron chi connectivity index (χ2n) is 5.17. The normalized spacial score (nSPS) is 10.3. The van der Waals surface area contributed by atoms with Gasteiger partial charge in [0.05, 0.1) is 7.11 Å². The van der Waals surface area contributed by atoms with Crippen molar-refractivity contribution in [3.8, 4) is 5.75 Å². The van der Waals surface area contributed by atoms with Crippen molar-refractivity contribution in [2.75, 3.05) is 17.7 Å². The van der Waals surface area contributed by atoms with E-state index in [1.165, 1.54) is 0 Å². The number of ether oxygens (including phenoxy) is 1. The van der Waals surface area contributed by atoms with Crippen molar-refractivity contribution in [3.63, 3.8) is 0 Å². The number of nitrogens with one attached hydrogen (secondary N) is 2. The lowest BCUT2D eigenvalue weighted by Gasteiger charge is -2.11. The molecule has 5 nitrogen and oxygen atoms in total. The predicted molar refractivity (Wildman–Crippen MR) is 97.8 cm³/mol. The molecule has 2 aromatic carbocycles. The molecule has 0 bridgehead atoms. The number of hydrogen-bond donors (Lipinski definition) is 2. The zero-order valence-corrected chi connectivity index (χ0v) is 14.1. The molecular formula is C18H17ClN4O. The molecule has 0 atom stereocenters. The van der Waals surface area contributed by atoms with Gasteiger partial charge in [0.1, 0.15) is 23.2 Å². The van der Waals surface area contributed by atoms with E-state index in [-0.39, 0.29) is 0 Å². The second-order valence-corrected chi connectivity index (χ2v) is 5.61. The third-order valence-corrected chi connectivity index (χ3v) is 3.55. The Morgan fingerprint density at radius 2 is 1.54 bits per heavy atom. The lowest BCUT2D eigenvalue weighted by molar-refractivity contribution is 0.415. The quantitative estimate of drug-likeness (QED) is 0.689. The van der Waals surface area contributed by atoms with Gasteiger partial charge in [-0.05, 0) is 43.3 Å². The van der Waals surface area contributed by atoms with Crippen molar-refractivity contribution in [2.45, 2.75) is 6.92 Å². The van der Waals surface area contributed by atoms with Crippen LogP contribution in [0.5, 0.6) is 5.75 Å². The highest BCUT2D eigenvalue weighted by Gasteiger charge is 2.04. The molecule has 1 heterocycles. The topological polar surface area (TPSA) is 59.1 Å². The molecule has 0 unspecified atom stereocenters. The van der Waals surface area contributed by atoms with Crippen molar-refractivity contribution in [2.24, 2.45) is 0 Å². The number of aromatic nitrogens is 2. The lowest BCUT2D eigenvalue weighted by atomic mass is 10.3. The van der Waals surface area contributed by atoms with Crippen LogP contribution < -0.4 is 15.4 Å². The summed E-state index contributed by atoms with van der Waals surface area (Å²) in [6.07, 6.45) is 0. The van der Waals surface area contributed by atoms with Crippen LogP contribution in [0, 0.1) is 6.92 Å². The molecule has 2 N–H and O–H groups in total. The molecule has 0 radical (unpaired) electrons. The van der Waals surface area contributed by atoms with Crippen LogP contribution in [0.1, 0.15) is 5.82 Å². The van der Waals surface area contributed by atoms with E-state index in [0.29, 0.717) is 22.5 Å². The Labute approximate surface area is 145 Å². The molecule has 0 saturated carbocycles. The zero-order valence-electron chi connectivity index (χ0n) is 13.4. The van der Waals surface area contributed by atoms with E-state index >= 15 is 0 Å². The van der Waals surface area contributed by atoms with Gasteiger partial charge in [-0.25, -0.2) is 9.97 Å². The van der Waals surface area contributed by atoms with Crippen molar-refractivity contribution in [1.29, 1.82) is 0 Å². The van der Waals surface area contributed by atoms with E-state index in [4.69, 9.17) is 16.3 Å². The van der Waals surface area contributed by atoms with Crippen molar-refractivity contribution < 1.29 is 4.74 Å². The zero-order chi connectivity index (χ0) is 16.9. The molecule has 0 aliphatic heterocycles. The van der Waals surface area contributed by atoms with Gasteiger partial charge in [-0.1, -0.05) is 17.7 Å². The number of methoxy groups -OCH3 is 1. The fourth-order valence-electron chi connectivity index (χ4n) is 2.23. The van der Waals surface area contributed by atoms with Crippen LogP contribution in [0.3, 0.4) is 0 Å². The van der Waals surface area contributed by atoms with Crippen molar-refractivity contribution >= 4 is 34.6 Å². The number of aryl methyl sites for hydroxylation is 1. The van der Waals surface area contributed by atoms with Crippen LogP contribution in [0.25, 0.3) is 0 Å². The van der Waals surface area contributed by atoms with Crippen LogP contribution in [-0.4, -0.2) is 17.1 Å². The average Bonchev–Trinajstić information content (AvgIpc) is 2.56. The first-order valence-corrected chi connectivity index (χ1v) is 7.79. The first kappa shape index (κ1) is 16.1. The summed E-state index contributed by atoms with van der Waals surface area (Å²) in [4.78, 5) is 8.82. The third kappa shape index (κ3) is 4.14. The number of halogens is 1. The SMILES string of the molecule is COc1cccc(Nc2cc(Nc3ccc(Cl)cc3)nc(C)n2)c1. The minimum Gasteiger partial charge on any atom is -0.497 e. The lowest BCUT2D eigenvalue weighted by Crippen LogP contribution is -2.01. The predicted octanol–water partition coefficient (Wildman–Crippen LogP) is 4.93. The Morgan fingerprint density at radius 1 is 0.875 bits per heavy atom. The molecule has 0 saturated heterocycles. The van der Waals surface area contributed by atoms with E-state index in [1.54, 1.807) is 7.11 Å². The molecule has 122 valence electrons. The summed E-state index contributed by atoms with van der Waals surface area (Å²) in [5, 5.41) is 7.20. The van der Waals surface area contributed by atoms with Gasteiger partial charge < -0.3 is 15.4 Å². The standard InChI is InChI=1S/C18H17ClN4O/c1-12-20-17(22-14-8-6-13(19)7-9-14)11-18(21-12)23-15-4-3-5-16(10-15)24-2/h3-11H,1-2H3,(H2,20,21,22,23). The smallest absolute Gasteiger partial charge is 0.136 e. The number of anilines is 4. The molecular weight excluding hydrogens is 324 g/mol. The summed E-state index contributed by atoms with van der Waals surface area (Å²) in [6, 6.07) is 17.0. The van der Waals surface area contributed by atoms with Gasteiger partial charge in [-0.2, -0.15) is 0 Å². The number of hydrogen-bond acceptors (Lipinski definition) is 5. The highest BCUT2D eigenvalue weighted by atomic mass is 35.5. The second kappa shape index (κ2) is 7.19. The van der Waals surface area contributed by atoms with E-state index < -0.39 is 0 Å². The maximum Gasteiger partial charge on any atom is 0.136 e. The summed E-state index contributed by atoms with van der Waals surface area (Å²) >= 11 is 5.91.